The molecule has 0 spiro atoms. The number of carbonyl (C=O) groups is 1. The standard InChI is InChI=1S/C17H16N4O3S/c1-10-5-13(14(22)7-25-17-18-8-19-20-17)11(2)21(10)12-3-4-15-16(6-12)24-9-23-15/h3-6,8H,7,9H2,1-2H3,(H,18,19,20). The zero-order chi connectivity index (χ0) is 17.4. The average Bonchev–Trinajstić information content (AvgIpc) is 3.32. The van der Waals surface area contributed by atoms with Crippen LogP contribution in [-0.2, 0) is 0 Å². The Bertz CT molecular complexity index is 934. The molecule has 7 nitrogen and oxygen atoms in total. The number of Topliss-reactive ketones (excluding diaryl/α,β-unsaturated/α-hetero) is 1. The van der Waals surface area contributed by atoms with Crippen molar-refractivity contribution in [1.29, 1.82) is 0 Å². The van der Waals surface area contributed by atoms with Gasteiger partial charge in [-0.05, 0) is 32.0 Å². The Balaban J connectivity index is 1.61. The van der Waals surface area contributed by atoms with Gasteiger partial charge in [0, 0.05) is 28.7 Å². The predicted octanol–water partition coefficient (Wildman–Crippen LogP) is 2.92. The molecule has 1 aliphatic heterocycles. The summed E-state index contributed by atoms with van der Waals surface area (Å²) in [5.41, 5.74) is 3.55. The number of aromatic nitrogens is 4. The summed E-state index contributed by atoms with van der Waals surface area (Å²) in [5, 5.41) is 7.16. The van der Waals surface area contributed by atoms with Crippen LogP contribution in [0.5, 0.6) is 11.5 Å². The highest BCUT2D eigenvalue weighted by Crippen LogP contribution is 2.35. The molecule has 0 radical (unpaired) electrons. The monoisotopic (exact) mass is 356 g/mol. The minimum atomic E-state index is 0.0569. The molecule has 0 bridgehead atoms. The summed E-state index contributed by atoms with van der Waals surface area (Å²) >= 11 is 1.34. The molecule has 0 aliphatic carbocycles. The Kier molecular flexibility index (Phi) is 3.96. The number of carbonyl (C=O) groups excluding carboxylic acids is 1. The van der Waals surface area contributed by atoms with Gasteiger partial charge < -0.3 is 14.0 Å². The molecule has 0 atom stereocenters. The smallest absolute Gasteiger partial charge is 0.231 e. The van der Waals surface area contributed by atoms with Gasteiger partial charge in [-0.3, -0.25) is 9.89 Å². The molecular weight excluding hydrogens is 340 g/mol. The third-order valence-corrected chi connectivity index (χ3v) is 4.96. The van der Waals surface area contributed by atoms with Gasteiger partial charge in [0.05, 0.1) is 5.75 Å². The molecule has 2 aromatic heterocycles. The second kappa shape index (κ2) is 6.29. The first-order valence-electron chi connectivity index (χ1n) is 7.74. The van der Waals surface area contributed by atoms with Crippen molar-refractivity contribution in [3.63, 3.8) is 0 Å². The van der Waals surface area contributed by atoms with E-state index in [9.17, 15) is 4.79 Å². The molecule has 0 unspecified atom stereocenters. The maximum absolute atomic E-state index is 12.6. The van der Waals surface area contributed by atoms with Gasteiger partial charge in [0.1, 0.15) is 6.33 Å². The number of nitrogens with zero attached hydrogens (tertiary/aromatic N) is 3. The number of aromatic amines is 1. The normalized spacial score (nSPS) is 12.6. The van der Waals surface area contributed by atoms with Crippen LogP contribution in [0.2, 0.25) is 0 Å². The Hall–Kier alpha value is -2.74. The molecule has 1 aromatic carbocycles. The molecular formula is C17H16N4O3S. The number of fused-ring (bicyclic) bond motifs is 1. The van der Waals surface area contributed by atoms with Gasteiger partial charge >= 0.3 is 0 Å². The number of H-pyrrole nitrogens is 1. The van der Waals surface area contributed by atoms with Gasteiger partial charge in [0.2, 0.25) is 6.79 Å². The second-order valence-corrected chi connectivity index (χ2v) is 6.62. The van der Waals surface area contributed by atoms with Crippen LogP contribution in [0.25, 0.3) is 5.69 Å². The third kappa shape index (κ3) is 2.89. The lowest BCUT2D eigenvalue weighted by molar-refractivity contribution is 0.102. The minimum absolute atomic E-state index is 0.0569. The fourth-order valence-corrected chi connectivity index (χ4v) is 3.60. The number of nitrogens with one attached hydrogen (secondary N) is 1. The summed E-state index contributed by atoms with van der Waals surface area (Å²) in [5.74, 6) is 1.83. The van der Waals surface area contributed by atoms with Gasteiger partial charge in [-0.1, -0.05) is 11.8 Å². The van der Waals surface area contributed by atoms with Crippen LogP contribution in [0.15, 0.2) is 35.7 Å². The lowest BCUT2D eigenvalue weighted by Gasteiger charge is -2.10. The van der Waals surface area contributed by atoms with Gasteiger partial charge in [-0.15, -0.1) is 0 Å². The van der Waals surface area contributed by atoms with Crippen LogP contribution in [0.4, 0.5) is 0 Å². The van der Waals surface area contributed by atoms with Crippen molar-refractivity contribution in [2.24, 2.45) is 0 Å². The summed E-state index contributed by atoms with van der Waals surface area (Å²) < 4.78 is 12.9. The van der Waals surface area contributed by atoms with Crippen molar-refractivity contribution in [2.45, 2.75) is 19.0 Å². The molecule has 8 heteroatoms. The van der Waals surface area contributed by atoms with E-state index in [1.54, 1.807) is 0 Å². The topological polar surface area (TPSA) is 82.0 Å². The van der Waals surface area contributed by atoms with Crippen molar-refractivity contribution in [3.8, 4) is 17.2 Å². The Morgan fingerprint density at radius 1 is 1.28 bits per heavy atom. The zero-order valence-corrected chi connectivity index (χ0v) is 14.6. The Morgan fingerprint density at radius 2 is 2.12 bits per heavy atom. The number of aryl methyl sites for hydroxylation is 1. The first-order valence-corrected chi connectivity index (χ1v) is 8.72. The van der Waals surface area contributed by atoms with Crippen molar-refractivity contribution in [2.75, 3.05) is 12.5 Å². The third-order valence-electron chi connectivity index (χ3n) is 4.08. The van der Waals surface area contributed by atoms with Crippen molar-refractivity contribution in [1.82, 2.24) is 19.7 Å². The number of hydrogen-bond donors (Lipinski definition) is 1. The van der Waals surface area contributed by atoms with Crippen LogP contribution in [0.1, 0.15) is 21.7 Å². The first kappa shape index (κ1) is 15.8. The SMILES string of the molecule is Cc1cc(C(=O)CSc2ncn[nH]2)c(C)n1-c1ccc2c(c1)OCO2. The van der Waals surface area contributed by atoms with E-state index in [1.807, 2.05) is 42.7 Å². The fraction of sp³-hybridized carbons (Fsp3) is 0.235. The number of benzene rings is 1. The molecule has 0 amide bonds. The van der Waals surface area contributed by atoms with E-state index in [4.69, 9.17) is 9.47 Å². The van der Waals surface area contributed by atoms with Crippen molar-refractivity contribution in [3.05, 3.63) is 47.5 Å². The largest absolute Gasteiger partial charge is 0.454 e. The summed E-state index contributed by atoms with van der Waals surface area (Å²) in [6.45, 7) is 4.17. The summed E-state index contributed by atoms with van der Waals surface area (Å²) in [6.07, 6.45) is 1.43. The van der Waals surface area contributed by atoms with E-state index < -0.39 is 0 Å². The van der Waals surface area contributed by atoms with E-state index in [0.717, 1.165) is 28.6 Å². The highest BCUT2D eigenvalue weighted by molar-refractivity contribution is 7.99. The van der Waals surface area contributed by atoms with Crippen molar-refractivity contribution >= 4 is 17.5 Å². The van der Waals surface area contributed by atoms with E-state index in [1.165, 1.54) is 18.1 Å². The molecule has 1 N–H and O–H groups in total. The summed E-state index contributed by atoms with van der Waals surface area (Å²) in [6, 6.07) is 7.70. The average molecular weight is 356 g/mol. The molecule has 4 rings (SSSR count). The Morgan fingerprint density at radius 3 is 2.92 bits per heavy atom. The molecule has 25 heavy (non-hydrogen) atoms. The lowest BCUT2D eigenvalue weighted by Crippen LogP contribution is -2.05. The molecule has 0 saturated heterocycles. The van der Waals surface area contributed by atoms with E-state index in [0.29, 0.717) is 16.5 Å². The first-order chi connectivity index (χ1) is 12.1. The van der Waals surface area contributed by atoms with Gasteiger partial charge in [0.15, 0.2) is 22.4 Å². The minimum Gasteiger partial charge on any atom is -0.454 e. The van der Waals surface area contributed by atoms with Crippen molar-refractivity contribution < 1.29 is 14.3 Å². The quantitative estimate of drug-likeness (QED) is 0.559. The van der Waals surface area contributed by atoms with E-state index >= 15 is 0 Å². The van der Waals surface area contributed by atoms with Gasteiger partial charge in [-0.25, -0.2) is 4.98 Å². The maximum atomic E-state index is 12.6. The van der Waals surface area contributed by atoms with Crippen LogP contribution in [0.3, 0.4) is 0 Å². The summed E-state index contributed by atoms with van der Waals surface area (Å²) in [4.78, 5) is 16.6. The molecule has 1 aliphatic rings. The zero-order valence-electron chi connectivity index (χ0n) is 13.8. The molecule has 0 saturated carbocycles. The highest BCUT2D eigenvalue weighted by Gasteiger charge is 2.19. The molecule has 3 aromatic rings. The van der Waals surface area contributed by atoms with E-state index in [-0.39, 0.29) is 12.6 Å². The van der Waals surface area contributed by atoms with Crippen LogP contribution < -0.4 is 9.47 Å². The highest BCUT2D eigenvalue weighted by atomic mass is 32.2. The summed E-state index contributed by atoms with van der Waals surface area (Å²) in [7, 11) is 0. The van der Waals surface area contributed by atoms with Gasteiger partial charge in [-0.2, -0.15) is 5.10 Å². The molecule has 128 valence electrons. The van der Waals surface area contributed by atoms with Crippen LogP contribution in [-0.4, -0.2) is 38.1 Å². The fourth-order valence-electron chi connectivity index (χ4n) is 2.94. The molecule has 3 heterocycles. The number of ether oxygens (including phenoxy) is 2. The number of rotatable bonds is 5. The Labute approximate surface area is 148 Å². The lowest BCUT2D eigenvalue weighted by atomic mass is 10.2. The van der Waals surface area contributed by atoms with E-state index in [2.05, 4.69) is 15.2 Å². The number of thioether (sulfide) groups is 1. The maximum Gasteiger partial charge on any atom is 0.231 e. The number of hydrogen-bond acceptors (Lipinski definition) is 6. The van der Waals surface area contributed by atoms with Crippen LogP contribution in [0, 0.1) is 13.8 Å². The van der Waals surface area contributed by atoms with Crippen LogP contribution >= 0.6 is 11.8 Å². The predicted molar refractivity (Wildman–Crippen MR) is 92.8 cm³/mol. The number of ketones is 1. The molecule has 0 fully saturated rings. The van der Waals surface area contributed by atoms with Gasteiger partial charge in [0.25, 0.3) is 0 Å². The second-order valence-electron chi connectivity index (χ2n) is 5.66.